The molecule has 11 aromatic rings. The Morgan fingerprint density at radius 2 is 0.755 bits per heavy atom. The van der Waals surface area contributed by atoms with Gasteiger partial charge in [0.1, 0.15) is 0 Å². The first-order valence-electron chi connectivity index (χ1n) is 16.9. The summed E-state index contributed by atoms with van der Waals surface area (Å²) >= 11 is 0. The largest absolute Gasteiger partial charge is 0.309 e. The molecule has 0 bridgehead atoms. The van der Waals surface area contributed by atoms with Gasteiger partial charge in [-0.15, -0.1) is 0 Å². The number of hydrogen-bond acceptors (Lipinski definition) is 0. The normalized spacial score (nSPS) is 12.1. The third-order valence-corrected chi connectivity index (χ3v) is 10.4. The highest BCUT2D eigenvalue weighted by atomic mass is 15.0. The maximum Gasteiger partial charge on any atom is 0.0641 e. The van der Waals surface area contributed by atoms with Gasteiger partial charge in [-0.05, 0) is 60.0 Å². The van der Waals surface area contributed by atoms with E-state index in [4.69, 9.17) is 0 Å². The second-order valence-corrected chi connectivity index (χ2v) is 12.9. The highest BCUT2D eigenvalue weighted by molar-refractivity contribution is 6.26. The Labute approximate surface area is 282 Å². The van der Waals surface area contributed by atoms with Crippen LogP contribution in [0.2, 0.25) is 0 Å². The minimum atomic E-state index is 1.14. The third kappa shape index (κ3) is 3.62. The third-order valence-electron chi connectivity index (χ3n) is 10.4. The molecule has 3 nitrogen and oxygen atoms in total. The van der Waals surface area contributed by atoms with Gasteiger partial charge in [-0.2, -0.15) is 0 Å². The summed E-state index contributed by atoms with van der Waals surface area (Å²) in [6.45, 7) is 0. The van der Waals surface area contributed by atoms with E-state index in [-0.39, 0.29) is 0 Å². The number of fused-ring (bicyclic) bond motifs is 11. The zero-order valence-electron chi connectivity index (χ0n) is 26.6. The molecule has 0 N–H and O–H groups in total. The van der Waals surface area contributed by atoms with E-state index in [9.17, 15) is 0 Å². The molecule has 0 saturated carbocycles. The Balaban J connectivity index is 1.26. The molecule has 49 heavy (non-hydrogen) atoms. The van der Waals surface area contributed by atoms with E-state index in [0.717, 1.165) is 11.4 Å². The van der Waals surface area contributed by atoms with Crippen LogP contribution < -0.4 is 0 Å². The molecule has 0 aliphatic heterocycles. The Kier molecular flexibility index (Phi) is 5.38. The first-order chi connectivity index (χ1) is 24.3. The molecule has 0 fully saturated rings. The molecule has 0 atom stereocenters. The minimum Gasteiger partial charge on any atom is -0.309 e. The van der Waals surface area contributed by atoms with E-state index in [2.05, 4.69) is 190 Å². The van der Waals surface area contributed by atoms with Gasteiger partial charge in [0, 0.05) is 49.1 Å². The molecule has 0 radical (unpaired) electrons. The summed E-state index contributed by atoms with van der Waals surface area (Å²) in [6.07, 6.45) is 0. The fourth-order valence-corrected chi connectivity index (χ4v) is 8.41. The topological polar surface area (TPSA) is 14.8 Å². The maximum atomic E-state index is 2.50. The van der Waals surface area contributed by atoms with Crippen molar-refractivity contribution in [2.45, 2.75) is 0 Å². The van der Waals surface area contributed by atoms with Crippen molar-refractivity contribution in [2.75, 3.05) is 0 Å². The lowest BCUT2D eigenvalue weighted by Gasteiger charge is -2.13. The van der Waals surface area contributed by atoms with E-state index in [0.29, 0.717) is 0 Å². The Hall–Kier alpha value is -6.58. The fraction of sp³-hybridized carbons (Fsp3) is 0. The fourth-order valence-electron chi connectivity index (χ4n) is 8.41. The van der Waals surface area contributed by atoms with Gasteiger partial charge in [-0.25, -0.2) is 0 Å². The first-order valence-corrected chi connectivity index (χ1v) is 16.9. The number of rotatable bonds is 3. The lowest BCUT2D eigenvalue weighted by Crippen LogP contribution is -1.98. The van der Waals surface area contributed by atoms with Gasteiger partial charge in [-0.3, -0.25) is 0 Å². The van der Waals surface area contributed by atoms with Crippen molar-refractivity contribution in [3.05, 3.63) is 176 Å². The van der Waals surface area contributed by atoms with Crippen molar-refractivity contribution in [1.82, 2.24) is 13.7 Å². The Bertz CT molecular complexity index is 3060. The van der Waals surface area contributed by atoms with Gasteiger partial charge in [0.25, 0.3) is 0 Å². The molecule has 11 rings (SSSR count). The molecule has 0 unspecified atom stereocenters. The standard InChI is InChI=1S/C46H29N3/c1-2-17-33-30(13-1)14-11-26-39(33)49-42-24-9-5-20-36(42)37-27-28-44-45(46(37)49)38-21-6-10-25-43(38)48(44)32-16-12-15-31(29-32)47-40-22-7-3-18-34(40)35-19-4-8-23-41(35)47/h1-29H. The van der Waals surface area contributed by atoms with E-state index in [1.54, 1.807) is 0 Å². The molecule has 228 valence electrons. The van der Waals surface area contributed by atoms with Crippen LogP contribution in [0.5, 0.6) is 0 Å². The molecule has 0 aliphatic rings. The van der Waals surface area contributed by atoms with Crippen LogP contribution in [0.3, 0.4) is 0 Å². The van der Waals surface area contributed by atoms with Crippen molar-refractivity contribution in [2.24, 2.45) is 0 Å². The summed E-state index contributed by atoms with van der Waals surface area (Å²) < 4.78 is 7.35. The van der Waals surface area contributed by atoms with Gasteiger partial charge >= 0.3 is 0 Å². The van der Waals surface area contributed by atoms with Crippen LogP contribution in [0.4, 0.5) is 0 Å². The molecule has 0 saturated heterocycles. The number of nitrogens with zero attached hydrogens (tertiary/aromatic N) is 3. The predicted octanol–water partition coefficient (Wildman–Crippen LogP) is 12.1. The van der Waals surface area contributed by atoms with Crippen molar-refractivity contribution in [3.63, 3.8) is 0 Å². The molecule has 0 amide bonds. The molecular formula is C46H29N3. The van der Waals surface area contributed by atoms with Gasteiger partial charge in [0.2, 0.25) is 0 Å². The van der Waals surface area contributed by atoms with Crippen molar-refractivity contribution >= 4 is 76.2 Å². The van der Waals surface area contributed by atoms with Crippen LogP contribution in [0.1, 0.15) is 0 Å². The monoisotopic (exact) mass is 623 g/mol. The number of para-hydroxylation sites is 4. The van der Waals surface area contributed by atoms with Crippen LogP contribution in [0.15, 0.2) is 176 Å². The van der Waals surface area contributed by atoms with Crippen LogP contribution in [0.25, 0.3) is 93.3 Å². The zero-order chi connectivity index (χ0) is 32.1. The highest BCUT2D eigenvalue weighted by Crippen LogP contribution is 2.43. The van der Waals surface area contributed by atoms with Crippen LogP contribution in [0, 0.1) is 0 Å². The number of hydrogen-bond donors (Lipinski definition) is 0. The Morgan fingerprint density at radius 1 is 0.286 bits per heavy atom. The zero-order valence-corrected chi connectivity index (χ0v) is 26.6. The van der Waals surface area contributed by atoms with Crippen LogP contribution in [-0.2, 0) is 0 Å². The average Bonchev–Trinajstić information content (AvgIpc) is 3.80. The average molecular weight is 624 g/mol. The lowest BCUT2D eigenvalue weighted by molar-refractivity contribution is 1.13. The molecule has 3 aromatic heterocycles. The molecule has 3 heterocycles. The van der Waals surface area contributed by atoms with Gasteiger partial charge < -0.3 is 13.7 Å². The second kappa shape index (κ2) is 9.96. The molecule has 8 aromatic carbocycles. The van der Waals surface area contributed by atoms with Crippen molar-refractivity contribution < 1.29 is 0 Å². The maximum absolute atomic E-state index is 2.50. The second-order valence-electron chi connectivity index (χ2n) is 12.9. The molecule has 0 aliphatic carbocycles. The quantitative estimate of drug-likeness (QED) is 0.186. The van der Waals surface area contributed by atoms with E-state index in [1.165, 1.54) is 81.9 Å². The molecule has 3 heteroatoms. The summed E-state index contributed by atoms with van der Waals surface area (Å²) in [5, 5.41) is 10.0. The lowest BCUT2D eigenvalue weighted by atomic mass is 10.1. The van der Waals surface area contributed by atoms with E-state index < -0.39 is 0 Å². The van der Waals surface area contributed by atoms with E-state index >= 15 is 0 Å². The summed E-state index contributed by atoms with van der Waals surface area (Å²) in [5.41, 5.74) is 10.7. The predicted molar refractivity (Wildman–Crippen MR) is 207 cm³/mol. The molecule has 0 spiro atoms. The Morgan fingerprint density at radius 3 is 1.43 bits per heavy atom. The summed E-state index contributed by atoms with van der Waals surface area (Å²) in [5.74, 6) is 0. The van der Waals surface area contributed by atoms with Gasteiger partial charge in [-0.1, -0.05) is 121 Å². The summed E-state index contributed by atoms with van der Waals surface area (Å²) in [4.78, 5) is 0. The molecular weight excluding hydrogens is 595 g/mol. The van der Waals surface area contributed by atoms with Gasteiger partial charge in [0.05, 0.1) is 38.8 Å². The first kappa shape index (κ1) is 26.5. The number of aromatic nitrogens is 3. The number of benzene rings is 8. The highest BCUT2D eigenvalue weighted by Gasteiger charge is 2.22. The van der Waals surface area contributed by atoms with Crippen molar-refractivity contribution in [3.8, 4) is 17.1 Å². The summed E-state index contributed by atoms with van der Waals surface area (Å²) in [6, 6.07) is 64.2. The van der Waals surface area contributed by atoms with E-state index in [1.807, 2.05) is 0 Å². The van der Waals surface area contributed by atoms with Crippen LogP contribution >= 0.6 is 0 Å². The smallest absolute Gasteiger partial charge is 0.0641 e. The van der Waals surface area contributed by atoms with Crippen LogP contribution in [-0.4, -0.2) is 13.7 Å². The van der Waals surface area contributed by atoms with Gasteiger partial charge in [0.15, 0.2) is 0 Å². The SMILES string of the molecule is c1cc(-n2c3ccccc3c3ccccc32)cc(-n2c3ccccc3c3c2ccc2c4ccccc4n(-c4cccc5ccccc45)c23)c1. The minimum absolute atomic E-state index is 1.14. The summed E-state index contributed by atoms with van der Waals surface area (Å²) in [7, 11) is 0. The van der Waals surface area contributed by atoms with Crippen molar-refractivity contribution in [1.29, 1.82) is 0 Å².